The van der Waals surface area contributed by atoms with E-state index in [2.05, 4.69) is 0 Å². The summed E-state index contributed by atoms with van der Waals surface area (Å²) in [4.78, 5) is 10.4. The van der Waals surface area contributed by atoms with E-state index >= 15 is 0 Å². The fourth-order valence-electron chi connectivity index (χ4n) is 1.01. The quantitative estimate of drug-likeness (QED) is 0.668. The third kappa shape index (κ3) is 1.94. The minimum Gasteiger partial charge on any atom is -0.504 e. The minimum atomic E-state index is -1.61. The highest BCUT2D eigenvalue weighted by atomic mass is 16.6. The maximum absolute atomic E-state index is 10.4. The van der Waals surface area contributed by atoms with Gasteiger partial charge in [0, 0.05) is 0 Å². The Kier molecular flexibility index (Phi) is 2.93. The van der Waals surface area contributed by atoms with E-state index in [1.54, 1.807) is 0 Å². The van der Waals surface area contributed by atoms with Crippen molar-refractivity contribution < 1.29 is 24.9 Å². The highest BCUT2D eigenvalue weighted by Gasteiger charge is 2.17. The molecular weight excluding hydrogens is 194 g/mol. The molecule has 0 aliphatic heterocycles. The van der Waals surface area contributed by atoms with Gasteiger partial charge in [0.2, 0.25) is 0 Å². The predicted octanol–water partition coefficient (Wildman–Crippen LogP) is 0.519. The Morgan fingerprint density at radius 3 is 2.64 bits per heavy atom. The number of hydrogen-bond donors (Lipinski definition) is 3. The monoisotopic (exact) mass is 204 g/mol. The molecule has 1 unspecified atom stereocenters. The Hall–Kier alpha value is -1.75. The van der Waals surface area contributed by atoms with E-state index in [1.807, 2.05) is 0 Å². The Morgan fingerprint density at radius 1 is 1.50 bits per heavy atom. The summed E-state index contributed by atoms with van der Waals surface area (Å²) in [6.45, 7) is 0. The molecule has 0 aromatic heterocycles. The maximum Gasteiger partial charge on any atom is 0.337 e. The molecule has 1 atom stereocenters. The molecular formula is C9H10O5. The first-order valence-electron chi connectivity index (χ1n) is 3.84. The average Bonchev–Trinajstić information content (AvgIpc) is 2.17. The lowest BCUT2D eigenvalue weighted by Crippen LogP contribution is -2.10. The highest BCUT2D eigenvalue weighted by molar-refractivity contribution is 5.74. The zero-order chi connectivity index (χ0) is 10.7. The normalized spacial score (nSPS) is 12.1. The van der Waals surface area contributed by atoms with Crippen molar-refractivity contribution in [2.75, 3.05) is 7.11 Å². The van der Waals surface area contributed by atoms with Gasteiger partial charge in [-0.3, -0.25) is 0 Å². The van der Waals surface area contributed by atoms with Crippen molar-refractivity contribution in [1.82, 2.24) is 0 Å². The van der Waals surface area contributed by atoms with Crippen LogP contribution in [0.4, 0.5) is 0 Å². The summed E-state index contributed by atoms with van der Waals surface area (Å²) in [5.41, 5.74) is 0.159. The number of methoxy groups -OCH3 is 1. The number of ether oxygens (including phenoxy) is 1. The van der Waals surface area contributed by atoms with Gasteiger partial charge in [-0.2, -0.15) is 0 Å². The summed E-state index contributed by atoms with van der Waals surface area (Å²) in [6, 6.07) is 3.85. The number of hydrogen-bond acceptors (Lipinski definition) is 4. The Balaban J connectivity index is 3.06. The van der Waals surface area contributed by atoms with Gasteiger partial charge in [-0.1, -0.05) is 6.07 Å². The Labute approximate surface area is 80.2 Å². The zero-order valence-electron chi connectivity index (χ0n) is 7.47. The average molecular weight is 204 g/mol. The first-order valence-corrected chi connectivity index (χ1v) is 3.84. The molecule has 1 aromatic carbocycles. The highest BCUT2D eigenvalue weighted by Crippen LogP contribution is 2.28. The van der Waals surface area contributed by atoms with Crippen LogP contribution in [0.3, 0.4) is 0 Å². The van der Waals surface area contributed by atoms with E-state index in [-0.39, 0.29) is 17.1 Å². The number of phenols is 1. The van der Waals surface area contributed by atoms with Crippen LogP contribution in [-0.4, -0.2) is 28.4 Å². The van der Waals surface area contributed by atoms with Crippen LogP contribution in [0.5, 0.6) is 11.5 Å². The van der Waals surface area contributed by atoms with Crippen molar-refractivity contribution in [3.8, 4) is 11.5 Å². The van der Waals surface area contributed by atoms with Crippen molar-refractivity contribution >= 4 is 5.97 Å². The number of benzene rings is 1. The molecule has 0 spiro atoms. The van der Waals surface area contributed by atoms with Crippen LogP contribution in [0.1, 0.15) is 11.7 Å². The molecule has 0 aliphatic rings. The molecule has 3 N–H and O–H groups in total. The molecule has 1 aromatic rings. The largest absolute Gasteiger partial charge is 0.504 e. The second-order valence-corrected chi connectivity index (χ2v) is 2.67. The second-order valence-electron chi connectivity index (χ2n) is 2.67. The standard InChI is InChI=1S/C9H10O5/c1-14-7-4-5(2-3-6(7)10)8(11)9(12)13/h2-4,8,10-11H,1H3,(H,12,13)/i2+1,3+1,4+1,5+1,6+1,7+1. The number of aliphatic hydroxyl groups excluding tert-OH is 1. The second kappa shape index (κ2) is 3.97. The molecule has 0 heterocycles. The van der Waals surface area contributed by atoms with Gasteiger partial charge in [-0.15, -0.1) is 0 Å². The van der Waals surface area contributed by atoms with Crippen LogP contribution >= 0.6 is 0 Å². The van der Waals surface area contributed by atoms with E-state index in [4.69, 9.17) is 9.84 Å². The summed E-state index contributed by atoms with van der Waals surface area (Å²) in [7, 11) is 1.34. The van der Waals surface area contributed by atoms with Gasteiger partial charge in [0.1, 0.15) is 0 Å². The third-order valence-corrected chi connectivity index (χ3v) is 1.75. The van der Waals surface area contributed by atoms with Gasteiger partial charge in [0.05, 0.1) is 7.11 Å². The summed E-state index contributed by atoms with van der Waals surface area (Å²) in [5, 5.41) is 26.9. The lowest BCUT2D eigenvalue weighted by molar-refractivity contribution is -0.146. The van der Waals surface area contributed by atoms with E-state index < -0.39 is 12.1 Å². The first kappa shape index (κ1) is 10.3. The molecule has 14 heavy (non-hydrogen) atoms. The number of phenolic OH excluding ortho intramolecular Hbond substituents is 1. The number of aromatic hydroxyl groups is 1. The topological polar surface area (TPSA) is 87.0 Å². The minimum absolute atomic E-state index is 0.103. The molecule has 0 fully saturated rings. The van der Waals surface area contributed by atoms with E-state index in [0.29, 0.717) is 0 Å². The van der Waals surface area contributed by atoms with Crippen LogP contribution in [0, 0.1) is 0 Å². The fraction of sp³-hybridized carbons (Fsp3) is 0.222. The molecule has 1 rings (SSSR count). The molecule has 5 heteroatoms. The van der Waals surface area contributed by atoms with Gasteiger partial charge in [-0.05, 0) is 17.7 Å². The molecule has 0 saturated heterocycles. The molecule has 76 valence electrons. The lowest BCUT2D eigenvalue weighted by atomic mass is 10.5. The van der Waals surface area contributed by atoms with Crippen molar-refractivity contribution in [1.29, 1.82) is 0 Å². The number of carbonyl (C=O) groups is 1. The third-order valence-electron chi connectivity index (χ3n) is 1.75. The molecule has 5 nitrogen and oxygen atoms in total. The maximum atomic E-state index is 10.4. The number of aliphatic carboxylic acids is 1. The number of carboxylic acid groups (broad SMARTS) is 1. The Morgan fingerprint density at radius 2 is 2.14 bits per heavy atom. The van der Waals surface area contributed by atoms with E-state index in [9.17, 15) is 15.0 Å². The number of carboxylic acids is 1. The van der Waals surface area contributed by atoms with Crippen molar-refractivity contribution in [2.24, 2.45) is 0 Å². The molecule has 0 aliphatic carbocycles. The van der Waals surface area contributed by atoms with Crippen LogP contribution in [0.2, 0.25) is 0 Å². The lowest BCUT2D eigenvalue weighted by Gasteiger charge is -2.08. The van der Waals surface area contributed by atoms with Gasteiger partial charge < -0.3 is 20.1 Å². The van der Waals surface area contributed by atoms with Crippen molar-refractivity contribution in [2.45, 2.75) is 6.10 Å². The summed E-state index contributed by atoms with van der Waals surface area (Å²) in [5.74, 6) is -1.32. The van der Waals surface area contributed by atoms with Crippen LogP contribution < -0.4 is 4.74 Å². The van der Waals surface area contributed by atoms with Gasteiger partial charge in [0.15, 0.2) is 17.6 Å². The zero-order valence-corrected chi connectivity index (χ0v) is 7.47. The van der Waals surface area contributed by atoms with Gasteiger partial charge >= 0.3 is 5.97 Å². The summed E-state index contributed by atoms with van der Waals surface area (Å²) >= 11 is 0. The van der Waals surface area contributed by atoms with Crippen molar-refractivity contribution in [3.05, 3.63) is 23.8 Å². The molecule has 0 amide bonds. The van der Waals surface area contributed by atoms with Gasteiger partial charge in [-0.25, -0.2) is 4.79 Å². The SMILES string of the molecule is CO[13c]1[13cH][13c](C(O)C(=O)O)[13cH][13cH][13c]1O. The molecule has 0 saturated carbocycles. The number of aliphatic hydroxyl groups is 1. The smallest absolute Gasteiger partial charge is 0.337 e. The Bertz CT molecular complexity index is 347. The van der Waals surface area contributed by atoms with Crippen molar-refractivity contribution in [3.63, 3.8) is 0 Å². The van der Waals surface area contributed by atoms with Crippen LogP contribution in [-0.2, 0) is 4.79 Å². The predicted molar refractivity (Wildman–Crippen MR) is 47.3 cm³/mol. The number of rotatable bonds is 3. The van der Waals surface area contributed by atoms with E-state index in [1.165, 1.54) is 25.3 Å². The summed E-state index contributed by atoms with van der Waals surface area (Å²) in [6.07, 6.45) is -1.61. The van der Waals surface area contributed by atoms with E-state index in [0.717, 1.165) is 0 Å². The molecule has 0 bridgehead atoms. The fourth-order valence-corrected chi connectivity index (χ4v) is 1.01. The van der Waals surface area contributed by atoms with Crippen LogP contribution in [0.25, 0.3) is 0 Å². The first-order chi connectivity index (χ1) is 6.56. The molecule has 0 radical (unpaired) electrons. The summed E-state index contributed by atoms with van der Waals surface area (Å²) < 4.78 is 4.76. The van der Waals surface area contributed by atoms with Crippen LogP contribution in [0.15, 0.2) is 18.2 Å². The van der Waals surface area contributed by atoms with Gasteiger partial charge in [0.25, 0.3) is 0 Å².